The fourth-order valence-electron chi connectivity index (χ4n) is 2.46. The normalized spacial score (nSPS) is 22.5. The van der Waals surface area contributed by atoms with Crippen LogP contribution < -0.4 is 5.32 Å². The van der Waals surface area contributed by atoms with Crippen LogP contribution >= 0.6 is 11.6 Å². The molecule has 1 fully saturated rings. The second kappa shape index (κ2) is 7.01. The van der Waals surface area contributed by atoms with Crippen molar-refractivity contribution < 1.29 is 13.4 Å². The van der Waals surface area contributed by atoms with E-state index in [1.807, 2.05) is 6.07 Å². The molecule has 1 N–H and O–H groups in total. The van der Waals surface area contributed by atoms with E-state index in [1.54, 1.807) is 0 Å². The summed E-state index contributed by atoms with van der Waals surface area (Å²) in [6, 6.07) is 5.64. The molecule has 0 aliphatic heterocycles. The number of benzene rings is 1. The molecule has 0 radical (unpaired) electrons. The number of hydrogen-bond donors (Lipinski definition) is 1. The molecule has 1 amide bonds. The molecule has 1 aliphatic carbocycles. The maximum absolute atomic E-state index is 13.0. The number of nitriles is 1. The molecule has 112 valence electrons. The quantitative estimate of drug-likeness (QED) is 0.863. The Bertz CT molecular complexity index is 617. The number of nitrogens with zero attached hydrogens (tertiary/aromatic N) is 1. The highest BCUT2D eigenvalue weighted by Crippen LogP contribution is 2.34. The van der Waals surface area contributed by atoms with E-state index in [2.05, 4.69) is 5.32 Å². The van der Waals surface area contributed by atoms with Crippen molar-refractivity contribution in [2.24, 2.45) is 5.92 Å². The minimum atomic E-state index is -1.37. The highest BCUT2D eigenvalue weighted by molar-refractivity contribution is 7.85. The summed E-state index contributed by atoms with van der Waals surface area (Å²) in [5.74, 6) is -0.881. The third kappa shape index (κ3) is 3.80. The molecule has 1 aliphatic rings. The van der Waals surface area contributed by atoms with Crippen molar-refractivity contribution in [2.45, 2.75) is 29.4 Å². The van der Waals surface area contributed by atoms with Crippen LogP contribution in [-0.4, -0.2) is 21.9 Å². The fourth-order valence-corrected chi connectivity index (χ4v) is 4.43. The zero-order valence-electron chi connectivity index (χ0n) is 11.1. The smallest absolute Gasteiger partial charge is 0.223 e. The largest absolute Gasteiger partial charge is 0.343 e. The Morgan fingerprint density at radius 2 is 2.29 bits per heavy atom. The van der Waals surface area contributed by atoms with E-state index in [0.29, 0.717) is 24.2 Å². The highest BCUT2D eigenvalue weighted by atomic mass is 35.5. The number of halogens is 2. The maximum Gasteiger partial charge on any atom is 0.223 e. The van der Waals surface area contributed by atoms with Crippen molar-refractivity contribution in [3.05, 3.63) is 29.0 Å². The van der Waals surface area contributed by atoms with Crippen molar-refractivity contribution in [3.8, 4) is 6.07 Å². The van der Waals surface area contributed by atoms with Crippen LogP contribution in [0.1, 0.15) is 19.3 Å². The van der Waals surface area contributed by atoms with Gasteiger partial charge in [-0.3, -0.25) is 9.00 Å². The molecule has 0 bridgehead atoms. The van der Waals surface area contributed by atoms with Gasteiger partial charge in [-0.1, -0.05) is 11.6 Å². The molecule has 1 aromatic carbocycles. The summed E-state index contributed by atoms with van der Waals surface area (Å²) in [4.78, 5) is 12.2. The van der Waals surface area contributed by atoms with Gasteiger partial charge in [-0.05, 0) is 37.5 Å². The van der Waals surface area contributed by atoms with Crippen molar-refractivity contribution in [2.75, 3.05) is 6.54 Å². The maximum atomic E-state index is 13.0. The van der Waals surface area contributed by atoms with Crippen molar-refractivity contribution in [1.29, 1.82) is 5.26 Å². The van der Waals surface area contributed by atoms with Gasteiger partial charge in [-0.15, -0.1) is 0 Å². The van der Waals surface area contributed by atoms with Gasteiger partial charge in [0.25, 0.3) is 0 Å². The molecule has 0 aromatic heterocycles. The van der Waals surface area contributed by atoms with Gasteiger partial charge in [-0.2, -0.15) is 5.26 Å². The van der Waals surface area contributed by atoms with E-state index >= 15 is 0 Å². The summed E-state index contributed by atoms with van der Waals surface area (Å²) < 4.78 is 25.5. The predicted molar refractivity (Wildman–Crippen MR) is 77.6 cm³/mol. The molecule has 0 saturated heterocycles. The molecule has 0 heterocycles. The minimum absolute atomic E-state index is 0.0210. The lowest BCUT2D eigenvalue weighted by Crippen LogP contribution is -2.30. The van der Waals surface area contributed by atoms with Crippen molar-refractivity contribution in [1.82, 2.24) is 5.32 Å². The van der Waals surface area contributed by atoms with Gasteiger partial charge in [0.15, 0.2) is 0 Å². The van der Waals surface area contributed by atoms with Crippen LogP contribution in [0.2, 0.25) is 5.02 Å². The number of carbonyl (C=O) groups is 1. The first-order chi connectivity index (χ1) is 10.0. The molecule has 4 nitrogen and oxygen atoms in total. The number of carbonyl (C=O) groups excluding carboxylic acids is 1. The number of amides is 1. The fraction of sp³-hybridized carbons (Fsp3) is 0.429. The third-order valence-electron chi connectivity index (χ3n) is 3.51. The topological polar surface area (TPSA) is 70.0 Å². The summed E-state index contributed by atoms with van der Waals surface area (Å²) in [7, 11) is -1.37. The predicted octanol–water partition coefficient (Wildman–Crippen LogP) is 2.40. The molecule has 3 atom stereocenters. The van der Waals surface area contributed by atoms with Gasteiger partial charge in [0.05, 0.1) is 26.8 Å². The lowest BCUT2D eigenvalue weighted by atomic mass is 10.1. The van der Waals surface area contributed by atoms with Crippen LogP contribution in [0.4, 0.5) is 4.39 Å². The summed E-state index contributed by atoms with van der Waals surface area (Å²) in [5, 5.41) is 10.9. The first-order valence-electron chi connectivity index (χ1n) is 6.53. The molecular weight excluding hydrogens is 315 g/mol. The van der Waals surface area contributed by atoms with Gasteiger partial charge in [0.1, 0.15) is 12.4 Å². The Kier molecular flexibility index (Phi) is 5.32. The van der Waals surface area contributed by atoms with E-state index in [4.69, 9.17) is 16.9 Å². The Morgan fingerprint density at radius 1 is 1.52 bits per heavy atom. The second-order valence-electron chi connectivity index (χ2n) is 4.88. The summed E-state index contributed by atoms with van der Waals surface area (Å²) in [5.41, 5.74) is 0. The first-order valence-corrected chi connectivity index (χ1v) is 8.12. The van der Waals surface area contributed by atoms with E-state index in [-0.39, 0.29) is 28.6 Å². The van der Waals surface area contributed by atoms with E-state index in [0.717, 1.165) is 6.07 Å². The van der Waals surface area contributed by atoms with Crippen LogP contribution in [0.3, 0.4) is 0 Å². The number of rotatable bonds is 4. The number of nitrogens with one attached hydrogen (secondary N) is 1. The van der Waals surface area contributed by atoms with Gasteiger partial charge < -0.3 is 5.32 Å². The van der Waals surface area contributed by atoms with Crippen LogP contribution in [0.5, 0.6) is 0 Å². The van der Waals surface area contributed by atoms with Crippen molar-refractivity contribution >= 4 is 28.3 Å². The average Bonchev–Trinajstić information content (AvgIpc) is 2.94. The molecule has 2 rings (SSSR count). The molecule has 7 heteroatoms. The minimum Gasteiger partial charge on any atom is -0.343 e. The second-order valence-corrected chi connectivity index (χ2v) is 6.99. The van der Waals surface area contributed by atoms with Crippen LogP contribution in [0.25, 0.3) is 0 Å². The van der Waals surface area contributed by atoms with Gasteiger partial charge in [0.2, 0.25) is 5.91 Å². The Labute approximate surface area is 129 Å². The summed E-state index contributed by atoms with van der Waals surface area (Å²) in [6.45, 7) is -0.0210. The Morgan fingerprint density at radius 3 is 2.95 bits per heavy atom. The van der Waals surface area contributed by atoms with Gasteiger partial charge in [0, 0.05) is 11.2 Å². The Hall–Kier alpha value is -1.45. The van der Waals surface area contributed by atoms with E-state index in [9.17, 15) is 13.4 Å². The summed E-state index contributed by atoms with van der Waals surface area (Å²) >= 11 is 5.92. The lowest BCUT2D eigenvalue weighted by Gasteiger charge is -2.12. The highest BCUT2D eigenvalue weighted by Gasteiger charge is 2.34. The number of hydrogen-bond acceptors (Lipinski definition) is 3. The SMILES string of the molecule is N#CCNC(=O)[C@H]1CC[C@H](S(=O)c2ccc(F)cc2Cl)C1. The van der Waals surface area contributed by atoms with Gasteiger partial charge >= 0.3 is 0 Å². The average molecular weight is 329 g/mol. The molecular formula is C14H14ClFN2O2S. The molecule has 1 aromatic rings. The standard InChI is InChI=1S/C14H14ClFN2O2S/c15-12-8-10(16)2-4-13(12)21(20)11-3-1-9(7-11)14(19)18-6-5-17/h2,4,8-9,11H,1,3,6-7H2,(H,18,19)/t9-,11-,21?/m0/s1. The van der Waals surface area contributed by atoms with Crippen LogP contribution in [0, 0.1) is 23.1 Å². The molecule has 21 heavy (non-hydrogen) atoms. The zero-order chi connectivity index (χ0) is 15.4. The van der Waals surface area contributed by atoms with E-state index < -0.39 is 16.6 Å². The summed E-state index contributed by atoms with van der Waals surface area (Å²) in [6.07, 6.45) is 1.76. The molecule has 1 saturated carbocycles. The van der Waals surface area contributed by atoms with Crippen LogP contribution in [0.15, 0.2) is 23.1 Å². The monoisotopic (exact) mass is 328 g/mol. The van der Waals surface area contributed by atoms with Crippen LogP contribution in [-0.2, 0) is 15.6 Å². The van der Waals surface area contributed by atoms with Gasteiger partial charge in [-0.25, -0.2) is 4.39 Å². The molecule has 1 unspecified atom stereocenters. The molecule has 0 spiro atoms. The zero-order valence-corrected chi connectivity index (χ0v) is 12.7. The third-order valence-corrected chi connectivity index (χ3v) is 5.76. The lowest BCUT2D eigenvalue weighted by molar-refractivity contribution is -0.124. The first kappa shape index (κ1) is 15.9. The van der Waals surface area contributed by atoms with Crippen molar-refractivity contribution in [3.63, 3.8) is 0 Å². The van der Waals surface area contributed by atoms with E-state index in [1.165, 1.54) is 12.1 Å². The Balaban J connectivity index is 2.02.